The van der Waals surface area contributed by atoms with Gasteiger partial charge in [0.05, 0.1) is 53.9 Å². The van der Waals surface area contributed by atoms with Crippen LogP contribution in [0, 0.1) is 0 Å². The summed E-state index contributed by atoms with van der Waals surface area (Å²) in [6, 6.07) is 13.8. The first-order valence-electron chi connectivity index (χ1n) is 16.5. The first-order valence-corrected chi connectivity index (χ1v) is 12.5. The standard InChI is InChI=1S/C30H34N8O3/c1-5-28(39)32-23-17-24(26(40-4)18-25(23)37-13-15-41-16-14-37)33-30-31-12-11-27(34-30)38-20-22(19-36(2)3)29(35-38)21-9-7-6-8-10-21/h5-12,17-18,20H,1,13-16,19H2,2-4H3,(H,32,39)(H,31,33,34)/i13D2,14D2,15D2,16D2. The summed E-state index contributed by atoms with van der Waals surface area (Å²) in [4.78, 5) is 23.7. The van der Waals surface area contributed by atoms with Crippen LogP contribution in [-0.2, 0) is 16.1 Å². The van der Waals surface area contributed by atoms with E-state index in [1.165, 1.54) is 19.4 Å². The Morgan fingerprint density at radius 2 is 1.98 bits per heavy atom. The molecule has 3 heterocycles. The zero-order chi connectivity index (χ0) is 35.9. The normalized spacial score (nSPS) is 21.0. The summed E-state index contributed by atoms with van der Waals surface area (Å²) >= 11 is 0. The van der Waals surface area contributed by atoms with Gasteiger partial charge >= 0.3 is 0 Å². The second-order valence-electron chi connectivity index (χ2n) is 9.04. The number of aromatic nitrogens is 4. The highest BCUT2D eigenvalue weighted by Crippen LogP contribution is 2.38. The Morgan fingerprint density at radius 3 is 2.68 bits per heavy atom. The van der Waals surface area contributed by atoms with Crippen molar-refractivity contribution in [3.63, 3.8) is 0 Å². The van der Waals surface area contributed by atoms with Crippen LogP contribution < -0.4 is 20.3 Å². The molecule has 11 heteroatoms. The van der Waals surface area contributed by atoms with Crippen LogP contribution in [0.15, 0.2) is 73.6 Å². The highest BCUT2D eigenvalue weighted by Gasteiger charge is 2.20. The lowest BCUT2D eigenvalue weighted by Gasteiger charge is -2.31. The predicted molar refractivity (Wildman–Crippen MR) is 160 cm³/mol. The minimum Gasteiger partial charge on any atom is -0.494 e. The number of anilines is 4. The van der Waals surface area contributed by atoms with Gasteiger partial charge in [0, 0.05) is 55.2 Å². The minimum atomic E-state index is -3.33. The Hall–Kier alpha value is -4.74. The van der Waals surface area contributed by atoms with Crippen LogP contribution in [0.5, 0.6) is 5.75 Å². The summed E-state index contributed by atoms with van der Waals surface area (Å²) in [5, 5.41) is 10.3. The number of carbonyl (C=O) groups excluding carboxylic acids is 1. The van der Waals surface area contributed by atoms with Crippen LogP contribution in [-0.4, -0.2) is 77.9 Å². The number of hydrogen-bond donors (Lipinski definition) is 2. The average molecular weight is 563 g/mol. The molecule has 2 N–H and O–H groups in total. The summed E-state index contributed by atoms with van der Waals surface area (Å²) in [5.74, 6) is -0.314. The van der Waals surface area contributed by atoms with Crippen molar-refractivity contribution in [3.8, 4) is 22.8 Å². The lowest BCUT2D eigenvalue weighted by Crippen LogP contribution is -2.36. The van der Waals surface area contributed by atoms with Crippen molar-refractivity contribution in [1.82, 2.24) is 24.6 Å². The minimum absolute atomic E-state index is 0.0291. The lowest BCUT2D eigenvalue weighted by molar-refractivity contribution is -0.111. The SMILES string of the molecule is [2H]C1([2H])OC([2H])([2H])C([2H])([2H])N(c2cc(OC)c(Nc3nccc(-n4cc(CN(C)C)c(-c5ccccc5)n4)n3)cc2NC(=O)C=C)C1([2H])[2H]. The number of nitrogens with one attached hydrogen (secondary N) is 2. The van der Waals surface area contributed by atoms with E-state index in [1.54, 1.807) is 10.7 Å². The molecule has 2 aromatic carbocycles. The van der Waals surface area contributed by atoms with E-state index in [0.29, 0.717) is 12.4 Å². The number of methoxy groups -OCH3 is 1. The molecule has 1 amide bonds. The second-order valence-corrected chi connectivity index (χ2v) is 9.04. The van der Waals surface area contributed by atoms with Crippen molar-refractivity contribution in [2.75, 3.05) is 62.9 Å². The summed E-state index contributed by atoms with van der Waals surface area (Å²) in [7, 11) is 5.19. The highest BCUT2D eigenvalue weighted by molar-refractivity contribution is 6.02. The van der Waals surface area contributed by atoms with Gasteiger partial charge in [-0.15, -0.1) is 0 Å². The molecule has 0 unspecified atom stereocenters. The van der Waals surface area contributed by atoms with Crippen molar-refractivity contribution in [2.45, 2.75) is 6.54 Å². The van der Waals surface area contributed by atoms with E-state index in [0.717, 1.165) is 29.0 Å². The van der Waals surface area contributed by atoms with E-state index in [9.17, 15) is 4.79 Å². The molecule has 11 nitrogen and oxygen atoms in total. The van der Waals surface area contributed by atoms with Crippen molar-refractivity contribution < 1.29 is 25.2 Å². The molecule has 0 atom stereocenters. The fourth-order valence-electron chi connectivity index (χ4n) is 4.10. The summed E-state index contributed by atoms with van der Waals surface area (Å²) in [6.45, 7) is -9.21. The Bertz CT molecular complexity index is 1850. The van der Waals surface area contributed by atoms with Crippen LogP contribution in [0.1, 0.15) is 16.5 Å². The third-order valence-corrected chi connectivity index (χ3v) is 5.86. The maximum absolute atomic E-state index is 12.5. The number of hydrogen-bond acceptors (Lipinski definition) is 9. The fourth-order valence-corrected chi connectivity index (χ4v) is 4.10. The van der Waals surface area contributed by atoms with E-state index >= 15 is 0 Å². The van der Waals surface area contributed by atoms with Crippen LogP contribution in [0.3, 0.4) is 0 Å². The van der Waals surface area contributed by atoms with Gasteiger partial charge in [0.1, 0.15) is 5.75 Å². The molecule has 1 aliphatic rings. The van der Waals surface area contributed by atoms with Crippen LogP contribution >= 0.6 is 0 Å². The third kappa shape index (κ3) is 6.53. The quantitative estimate of drug-likeness (QED) is 0.276. The van der Waals surface area contributed by atoms with Gasteiger partial charge < -0.3 is 29.9 Å². The molecule has 5 rings (SSSR count). The van der Waals surface area contributed by atoms with Gasteiger partial charge in [-0.3, -0.25) is 4.79 Å². The van der Waals surface area contributed by atoms with Crippen molar-refractivity contribution in [1.29, 1.82) is 0 Å². The largest absolute Gasteiger partial charge is 0.494 e. The van der Waals surface area contributed by atoms with E-state index < -0.39 is 37.7 Å². The second kappa shape index (κ2) is 12.6. The number of morpholine rings is 1. The molecule has 41 heavy (non-hydrogen) atoms. The number of carbonyl (C=O) groups is 1. The molecule has 0 bridgehead atoms. The monoisotopic (exact) mass is 562 g/mol. The van der Waals surface area contributed by atoms with E-state index in [4.69, 9.17) is 20.8 Å². The van der Waals surface area contributed by atoms with E-state index in [2.05, 4.69) is 31.9 Å². The molecule has 1 fully saturated rings. The smallest absolute Gasteiger partial charge is 0.247 e. The number of benzene rings is 2. The van der Waals surface area contributed by atoms with Gasteiger partial charge in [0.25, 0.3) is 0 Å². The van der Waals surface area contributed by atoms with E-state index in [-0.39, 0.29) is 28.0 Å². The fraction of sp³-hybridized carbons (Fsp3) is 0.267. The van der Waals surface area contributed by atoms with Crippen LogP contribution in [0.4, 0.5) is 23.0 Å². The molecule has 212 valence electrons. The number of nitrogens with zero attached hydrogens (tertiary/aromatic N) is 6. The molecule has 1 saturated heterocycles. The summed E-state index contributed by atoms with van der Waals surface area (Å²) < 4.78 is 78.3. The van der Waals surface area contributed by atoms with Crippen LogP contribution in [0.25, 0.3) is 17.1 Å². The number of rotatable bonds is 10. The molecule has 0 aliphatic carbocycles. The average Bonchev–Trinajstić information content (AvgIpc) is 3.44. The van der Waals surface area contributed by atoms with Gasteiger partial charge in [-0.05, 0) is 26.2 Å². The van der Waals surface area contributed by atoms with Gasteiger partial charge in [-0.25, -0.2) is 9.67 Å². The Labute approximate surface area is 250 Å². The molecule has 0 saturated carbocycles. The van der Waals surface area contributed by atoms with Crippen LogP contribution in [0.2, 0.25) is 0 Å². The Morgan fingerprint density at radius 1 is 1.20 bits per heavy atom. The molecule has 2 aromatic heterocycles. The highest BCUT2D eigenvalue weighted by atomic mass is 16.5. The molecule has 4 aromatic rings. The maximum atomic E-state index is 12.5. The van der Waals surface area contributed by atoms with Crippen molar-refractivity contribution in [3.05, 3.63) is 79.1 Å². The lowest BCUT2D eigenvalue weighted by atomic mass is 10.1. The van der Waals surface area contributed by atoms with Crippen molar-refractivity contribution in [2.24, 2.45) is 0 Å². The first kappa shape index (κ1) is 19.4. The predicted octanol–water partition coefficient (Wildman–Crippen LogP) is 4.10. The molecule has 0 spiro atoms. The molecular weight excluding hydrogens is 520 g/mol. The van der Waals surface area contributed by atoms with Gasteiger partial charge in [0.2, 0.25) is 11.9 Å². The number of ether oxygens (including phenoxy) is 2. The number of amides is 1. The zero-order valence-corrected chi connectivity index (χ0v) is 22.7. The first-order chi connectivity index (χ1) is 22.9. The Balaban J connectivity index is 1.59. The Kier molecular flexibility index (Phi) is 5.96. The zero-order valence-electron chi connectivity index (χ0n) is 30.7. The molecular formula is C30H34N8O3. The molecule has 0 radical (unpaired) electrons. The topological polar surface area (TPSA) is 110 Å². The molecule has 1 aliphatic heterocycles. The summed E-state index contributed by atoms with van der Waals surface area (Å²) in [5.41, 5.74) is 2.12. The van der Waals surface area contributed by atoms with Gasteiger partial charge in [-0.1, -0.05) is 36.9 Å². The van der Waals surface area contributed by atoms with Crippen molar-refractivity contribution >= 4 is 28.9 Å². The third-order valence-electron chi connectivity index (χ3n) is 5.86. The summed E-state index contributed by atoms with van der Waals surface area (Å²) in [6.07, 6.45) is 4.30. The van der Waals surface area contributed by atoms with E-state index in [1.807, 2.05) is 55.5 Å². The van der Waals surface area contributed by atoms with Gasteiger partial charge in [0.15, 0.2) is 5.82 Å². The van der Waals surface area contributed by atoms with Gasteiger partial charge in [-0.2, -0.15) is 10.1 Å². The maximum Gasteiger partial charge on any atom is 0.247 e.